The summed E-state index contributed by atoms with van der Waals surface area (Å²) in [6.07, 6.45) is 1.25. The van der Waals surface area contributed by atoms with Gasteiger partial charge in [0.1, 0.15) is 11.3 Å². The molecule has 46 heavy (non-hydrogen) atoms. The predicted molar refractivity (Wildman–Crippen MR) is 179 cm³/mol. The van der Waals surface area contributed by atoms with Gasteiger partial charge in [0.05, 0.1) is 35.8 Å². The van der Waals surface area contributed by atoms with Crippen LogP contribution in [0.25, 0.3) is 10.9 Å². The molecule has 1 fully saturated rings. The van der Waals surface area contributed by atoms with E-state index in [0.717, 1.165) is 11.8 Å². The Balaban J connectivity index is 1.64. The Hall–Kier alpha value is -4.26. The Morgan fingerprint density at radius 2 is 1.52 bits per heavy atom. The number of amides is 3. The van der Waals surface area contributed by atoms with Gasteiger partial charge in [0.15, 0.2) is 5.75 Å². The molecule has 250 valence electrons. The number of carbonyl (C=O) groups is 3. The molecular formula is C33H45N5O7S. The van der Waals surface area contributed by atoms with E-state index in [9.17, 15) is 22.8 Å². The average Bonchev–Trinajstić information content (AvgIpc) is 3.10. The monoisotopic (exact) mass is 655 g/mol. The first-order valence-corrected chi connectivity index (χ1v) is 17.1. The molecule has 2 aromatic carbocycles. The van der Waals surface area contributed by atoms with Crippen molar-refractivity contribution in [2.24, 2.45) is 7.05 Å². The number of rotatable bonds is 6. The number of para-hydroxylation sites is 1. The van der Waals surface area contributed by atoms with Crippen molar-refractivity contribution in [3.63, 3.8) is 0 Å². The first-order chi connectivity index (χ1) is 21.3. The van der Waals surface area contributed by atoms with Crippen molar-refractivity contribution in [1.82, 2.24) is 14.4 Å². The highest BCUT2D eigenvalue weighted by molar-refractivity contribution is 7.92. The van der Waals surface area contributed by atoms with Gasteiger partial charge in [0.25, 0.3) is 11.8 Å². The van der Waals surface area contributed by atoms with Crippen molar-refractivity contribution >= 4 is 50.2 Å². The Kier molecular flexibility index (Phi) is 9.67. The van der Waals surface area contributed by atoms with Crippen LogP contribution in [0.3, 0.4) is 0 Å². The van der Waals surface area contributed by atoms with Gasteiger partial charge in [-0.25, -0.2) is 13.2 Å². The van der Waals surface area contributed by atoms with E-state index in [1.807, 2.05) is 47.6 Å². The summed E-state index contributed by atoms with van der Waals surface area (Å²) in [7, 11) is -0.517. The number of methoxy groups -OCH3 is 1. The van der Waals surface area contributed by atoms with Crippen molar-refractivity contribution in [2.45, 2.75) is 59.0 Å². The van der Waals surface area contributed by atoms with E-state index in [1.54, 1.807) is 51.7 Å². The fourth-order valence-corrected chi connectivity index (χ4v) is 5.99. The number of aryl methyl sites for hydroxylation is 1. The number of nitrogens with zero attached hydrogens (tertiary/aromatic N) is 3. The molecule has 0 atom stereocenters. The molecule has 0 saturated carbocycles. The topological polar surface area (TPSA) is 139 Å². The second-order valence-electron chi connectivity index (χ2n) is 13.6. The minimum atomic E-state index is -3.64. The van der Waals surface area contributed by atoms with Gasteiger partial charge in [0.2, 0.25) is 10.0 Å². The number of sulfonamides is 1. The largest absolute Gasteiger partial charge is 0.492 e. The normalized spacial score (nSPS) is 14.5. The third-order valence-electron chi connectivity index (χ3n) is 7.66. The number of fused-ring (bicyclic) bond motifs is 1. The lowest BCUT2D eigenvalue weighted by atomic mass is 9.86. The molecule has 12 nitrogen and oxygen atoms in total. The molecule has 3 amide bonds. The summed E-state index contributed by atoms with van der Waals surface area (Å²) in [4.78, 5) is 43.6. The number of benzene rings is 2. The molecule has 4 rings (SSSR count). The average molecular weight is 656 g/mol. The van der Waals surface area contributed by atoms with Gasteiger partial charge < -0.3 is 29.2 Å². The highest BCUT2D eigenvalue weighted by Gasteiger charge is 2.29. The molecule has 0 unspecified atom stereocenters. The van der Waals surface area contributed by atoms with Crippen LogP contribution in [0, 0.1) is 0 Å². The van der Waals surface area contributed by atoms with E-state index in [-0.39, 0.29) is 22.8 Å². The Bertz CT molecular complexity index is 1770. The van der Waals surface area contributed by atoms with Crippen molar-refractivity contribution < 1.29 is 32.3 Å². The van der Waals surface area contributed by atoms with Gasteiger partial charge in [-0.1, -0.05) is 32.9 Å². The van der Waals surface area contributed by atoms with E-state index >= 15 is 0 Å². The van der Waals surface area contributed by atoms with Gasteiger partial charge in [-0.05, 0) is 62.4 Å². The van der Waals surface area contributed by atoms with Crippen LogP contribution < -0.4 is 14.8 Å². The lowest BCUT2D eigenvalue weighted by Crippen LogP contribution is -2.40. The first kappa shape index (κ1) is 34.6. The van der Waals surface area contributed by atoms with Gasteiger partial charge in [-0.15, -0.1) is 0 Å². The molecule has 2 heterocycles. The number of carbonyl (C=O) groups excluding carboxylic acids is 3. The molecule has 1 aliphatic rings. The number of hydrogen-bond donors (Lipinski definition) is 2. The van der Waals surface area contributed by atoms with E-state index in [4.69, 9.17) is 9.47 Å². The molecule has 1 aromatic heterocycles. The molecular weight excluding hydrogens is 610 g/mol. The minimum absolute atomic E-state index is 0.169. The second-order valence-corrected chi connectivity index (χ2v) is 15.4. The second kappa shape index (κ2) is 12.9. The van der Waals surface area contributed by atoms with E-state index < -0.39 is 27.6 Å². The molecule has 0 radical (unpaired) electrons. The summed E-state index contributed by atoms with van der Waals surface area (Å²) in [6, 6.07) is 10.5. The maximum Gasteiger partial charge on any atom is 0.410 e. The third kappa shape index (κ3) is 7.93. The summed E-state index contributed by atoms with van der Waals surface area (Å²) >= 11 is 0. The highest BCUT2D eigenvalue weighted by Crippen LogP contribution is 2.39. The van der Waals surface area contributed by atoms with Crippen LogP contribution in [0.4, 0.5) is 16.2 Å². The van der Waals surface area contributed by atoms with Crippen LogP contribution in [0.5, 0.6) is 5.75 Å². The first-order valence-electron chi connectivity index (χ1n) is 15.2. The maximum atomic E-state index is 13.9. The van der Waals surface area contributed by atoms with Crippen molar-refractivity contribution in [2.75, 3.05) is 49.6 Å². The molecule has 1 aliphatic heterocycles. The Morgan fingerprint density at radius 1 is 0.891 bits per heavy atom. The van der Waals surface area contributed by atoms with Gasteiger partial charge in [-0.3, -0.25) is 14.3 Å². The standard InChI is InChI=1S/C33H45N5O7S/c1-32(2,3)22-19-24(28(44-8)25(20-22)35-46(9,42)43)34-29(39)26-18-21-12-10-13-23(27(21)36(26)7)30(40)37-14-11-15-38(17-16-37)31(41)45-33(4,5)6/h10,12-13,18-20,35H,11,14-17H2,1-9H3,(H,34,39). The number of anilines is 2. The molecule has 3 aromatic rings. The summed E-state index contributed by atoms with van der Waals surface area (Å²) < 4.78 is 39.5. The SMILES string of the molecule is COc1c(NC(=O)c2cc3cccc(C(=O)N4CCCN(C(=O)OC(C)(C)C)CC4)c3n2C)cc(C(C)(C)C)cc1NS(C)(=O)=O. The maximum absolute atomic E-state index is 13.9. The lowest BCUT2D eigenvalue weighted by molar-refractivity contribution is 0.0255. The zero-order valence-corrected chi connectivity index (χ0v) is 28.9. The molecule has 1 saturated heterocycles. The van der Waals surface area contributed by atoms with Crippen molar-refractivity contribution in [3.8, 4) is 5.75 Å². The zero-order chi connectivity index (χ0) is 34.2. The quantitative estimate of drug-likeness (QED) is 0.373. The summed E-state index contributed by atoms with van der Waals surface area (Å²) in [5.74, 6) is -0.488. The molecule has 13 heteroatoms. The number of nitrogens with one attached hydrogen (secondary N) is 2. The van der Waals surface area contributed by atoms with Crippen LogP contribution in [0.2, 0.25) is 0 Å². The summed E-state index contributed by atoms with van der Waals surface area (Å²) in [5.41, 5.74) is 1.64. The Labute approximate surface area is 271 Å². The smallest absolute Gasteiger partial charge is 0.410 e. The molecule has 0 spiro atoms. The van der Waals surface area contributed by atoms with Crippen molar-refractivity contribution in [1.29, 1.82) is 0 Å². The fraction of sp³-hybridized carbons (Fsp3) is 0.485. The van der Waals surface area contributed by atoms with E-state index in [2.05, 4.69) is 10.0 Å². The van der Waals surface area contributed by atoms with Crippen LogP contribution in [0.1, 0.15) is 74.4 Å². The third-order valence-corrected chi connectivity index (χ3v) is 8.25. The number of ether oxygens (including phenoxy) is 2. The lowest BCUT2D eigenvalue weighted by Gasteiger charge is -2.26. The van der Waals surface area contributed by atoms with Crippen LogP contribution in [0.15, 0.2) is 36.4 Å². The van der Waals surface area contributed by atoms with Crippen molar-refractivity contribution in [3.05, 3.63) is 53.2 Å². The van der Waals surface area contributed by atoms with Gasteiger partial charge >= 0.3 is 6.09 Å². The van der Waals surface area contributed by atoms with E-state index in [0.29, 0.717) is 60.4 Å². The fourth-order valence-electron chi connectivity index (χ4n) is 5.44. The number of hydrogen-bond acceptors (Lipinski definition) is 7. The molecule has 0 bridgehead atoms. The van der Waals surface area contributed by atoms with Crippen LogP contribution in [-0.4, -0.2) is 85.8 Å². The van der Waals surface area contributed by atoms with Crippen LogP contribution in [-0.2, 0) is 27.2 Å². The van der Waals surface area contributed by atoms with E-state index in [1.165, 1.54) is 7.11 Å². The van der Waals surface area contributed by atoms with Crippen LogP contribution >= 0.6 is 0 Å². The predicted octanol–water partition coefficient (Wildman–Crippen LogP) is 5.19. The summed E-state index contributed by atoms with van der Waals surface area (Å²) in [6.45, 7) is 13.1. The Morgan fingerprint density at radius 3 is 2.13 bits per heavy atom. The van der Waals surface area contributed by atoms with Gasteiger partial charge in [0, 0.05) is 38.6 Å². The molecule has 0 aliphatic carbocycles. The van der Waals surface area contributed by atoms with Gasteiger partial charge in [-0.2, -0.15) is 0 Å². The highest BCUT2D eigenvalue weighted by atomic mass is 32.2. The number of aromatic nitrogens is 1. The molecule has 2 N–H and O–H groups in total. The minimum Gasteiger partial charge on any atom is -0.492 e. The summed E-state index contributed by atoms with van der Waals surface area (Å²) in [5, 5.41) is 3.61. The zero-order valence-electron chi connectivity index (χ0n) is 28.1.